The normalized spacial score (nSPS) is 14.6. The maximum Gasteiger partial charge on any atom is 0.323 e. The maximum atomic E-state index is 13.3. The van der Waals surface area contributed by atoms with Crippen LogP contribution in [-0.4, -0.2) is 57.7 Å². The molecular formula is C18H22FN5O2. The molecule has 0 saturated carbocycles. The summed E-state index contributed by atoms with van der Waals surface area (Å²) >= 11 is 0. The fourth-order valence-corrected chi connectivity index (χ4v) is 2.80. The van der Waals surface area contributed by atoms with E-state index in [9.17, 15) is 14.0 Å². The second-order valence-corrected chi connectivity index (χ2v) is 6.49. The summed E-state index contributed by atoms with van der Waals surface area (Å²) in [5.41, 5.74) is 0.321. The number of nitrogens with zero attached hydrogens (tertiary/aromatic N) is 4. The molecule has 7 nitrogen and oxygen atoms in total. The van der Waals surface area contributed by atoms with Gasteiger partial charge in [0.15, 0.2) is 5.82 Å². The maximum absolute atomic E-state index is 13.3. The van der Waals surface area contributed by atoms with Gasteiger partial charge in [-0.1, -0.05) is 6.07 Å². The van der Waals surface area contributed by atoms with Crippen LogP contribution >= 0.6 is 0 Å². The van der Waals surface area contributed by atoms with Crippen LogP contribution in [-0.2, 0) is 0 Å². The number of rotatable bonds is 3. The molecule has 2 aromatic rings. The number of hydrogen-bond donors (Lipinski definition) is 1. The molecule has 8 heteroatoms. The van der Waals surface area contributed by atoms with Gasteiger partial charge < -0.3 is 9.80 Å². The van der Waals surface area contributed by atoms with E-state index in [1.54, 1.807) is 26.6 Å². The van der Waals surface area contributed by atoms with Gasteiger partial charge in [0, 0.05) is 50.0 Å². The van der Waals surface area contributed by atoms with Crippen molar-refractivity contribution in [1.82, 2.24) is 19.6 Å². The van der Waals surface area contributed by atoms with Crippen LogP contribution in [0.1, 0.15) is 30.2 Å². The first kappa shape index (κ1) is 17.9. The lowest BCUT2D eigenvalue weighted by molar-refractivity contribution is 0.0671. The number of piperazine rings is 1. The molecule has 0 bridgehead atoms. The molecule has 0 unspecified atom stereocenters. The van der Waals surface area contributed by atoms with Crippen LogP contribution in [0.2, 0.25) is 0 Å². The largest absolute Gasteiger partial charge is 0.335 e. The first-order valence-electron chi connectivity index (χ1n) is 8.60. The van der Waals surface area contributed by atoms with Gasteiger partial charge in [-0.25, -0.2) is 9.18 Å². The van der Waals surface area contributed by atoms with E-state index in [-0.39, 0.29) is 18.0 Å². The predicted octanol–water partition coefficient (Wildman–Crippen LogP) is 2.59. The molecule has 1 fully saturated rings. The van der Waals surface area contributed by atoms with Crippen LogP contribution in [0.4, 0.5) is 15.0 Å². The molecule has 1 saturated heterocycles. The Balaban J connectivity index is 1.54. The van der Waals surface area contributed by atoms with Gasteiger partial charge in [-0.05, 0) is 32.0 Å². The SMILES string of the molecule is CC(C)n1ccc(NC(=O)N2CCN(C(=O)c3cccc(F)c3)CC2)n1. The van der Waals surface area contributed by atoms with Gasteiger partial charge in [-0.3, -0.25) is 14.8 Å². The van der Waals surface area contributed by atoms with Crippen LogP contribution in [0, 0.1) is 5.82 Å². The van der Waals surface area contributed by atoms with E-state index in [4.69, 9.17) is 0 Å². The van der Waals surface area contributed by atoms with Crippen LogP contribution in [0.25, 0.3) is 0 Å². The Morgan fingerprint density at radius 1 is 1.12 bits per heavy atom. The van der Waals surface area contributed by atoms with Crippen LogP contribution in [0.3, 0.4) is 0 Å². The topological polar surface area (TPSA) is 70.5 Å². The Labute approximate surface area is 151 Å². The molecule has 2 heterocycles. The minimum absolute atomic E-state index is 0.220. The summed E-state index contributed by atoms with van der Waals surface area (Å²) in [6.45, 7) is 5.66. The Morgan fingerprint density at radius 2 is 1.81 bits per heavy atom. The van der Waals surface area contributed by atoms with Gasteiger partial charge in [0.2, 0.25) is 0 Å². The highest BCUT2D eigenvalue weighted by atomic mass is 19.1. The van der Waals surface area contributed by atoms with E-state index >= 15 is 0 Å². The highest BCUT2D eigenvalue weighted by molar-refractivity contribution is 5.94. The summed E-state index contributed by atoms with van der Waals surface area (Å²) in [5, 5.41) is 7.07. The van der Waals surface area contributed by atoms with Crippen molar-refractivity contribution < 1.29 is 14.0 Å². The molecule has 1 aromatic carbocycles. The molecule has 0 aliphatic carbocycles. The minimum Gasteiger partial charge on any atom is -0.335 e. The zero-order valence-electron chi connectivity index (χ0n) is 14.9. The Bertz CT molecular complexity index is 796. The molecule has 1 aromatic heterocycles. The van der Waals surface area contributed by atoms with Crippen molar-refractivity contribution in [1.29, 1.82) is 0 Å². The lowest BCUT2D eigenvalue weighted by Crippen LogP contribution is -2.51. The second kappa shape index (κ2) is 7.55. The van der Waals surface area contributed by atoms with Gasteiger partial charge in [-0.15, -0.1) is 0 Å². The van der Waals surface area contributed by atoms with Gasteiger partial charge in [-0.2, -0.15) is 5.10 Å². The van der Waals surface area contributed by atoms with Gasteiger partial charge in [0.05, 0.1) is 0 Å². The van der Waals surface area contributed by atoms with E-state index in [1.807, 2.05) is 20.0 Å². The Kier molecular flexibility index (Phi) is 5.20. The number of anilines is 1. The number of urea groups is 1. The van der Waals surface area contributed by atoms with Crippen LogP contribution < -0.4 is 5.32 Å². The van der Waals surface area contributed by atoms with Crippen molar-refractivity contribution >= 4 is 17.8 Å². The summed E-state index contributed by atoms with van der Waals surface area (Å²) in [4.78, 5) is 28.0. The zero-order valence-corrected chi connectivity index (χ0v) is 14.9. The molecule has 138 valence electrons. The Morgan fingerprint density at radius 3 is 2.42 bits per heavy atom. The average Bonchev–Trinajstić information content (AvgIpc) is 3.10. The number of nitrogens with one attached hydrogen (secondary N) is 1. The number of aromatic nitrogens is 2. The second-order valence-electron chi connectivity index (χ2n) is 6.49. The summed E-state index contributed by atoms with van der Waals surface area (Å²) < 4.78 is 15.1. The van der Waals surface area contributed by atoms with Crippen LogP contribution in [0.5, 0.6) is 0 Å². The van der Waals surface area contributed by atoms with Crippen molar-refractivity contribution in [3.8, 4) is 0 Å². The molecule has 0 spiro atoms. The monoisotopic (exact) mass is 359 g/mol. The number of carbonyl (C=O) groups excluding carboxylic acids is 2. The van der Waals surface area contributed by atoms with Crippen molar-refractivity contribution in [2.24, 2.45) is 0 Å². The fourth-order valence-electron chi connectivity index (χ4n) is 2.80. The first-order chi connectivity index (χ1) is 12.4. The standard InChI is InChI=1S/C18H22FN5O2/c1-13(2)24-7-6-16(21-24)20-18(26)23-10-8-22(9-11-23)17(25)14-4-3-5-15(19)12-14/h3-7,12-13H,8-11H2,1-2H3,(H,20,21,26). The molecule has 0 radical (unpaired) electrons. The summed E-state index contributed by atoms with van der Waals surface area (Å²) in [5.74, 6) is -0.156. The molecule has 3 rings (SSSR count). The van der Waals surface area contributed by atoms with E-state index in [1.165, 1.54) is 18.2 Å². The third-order valence-electron chi connectivity index (χ3n) is 4.30. The van der Waals surface area contributed by atoms with Gasteiger partial charge >= 0.3 is 6.03 Å². The van der Waals surface area contributed by atoms with Crippen molar-refractivity contribution in [3.05, 3.63) is 47.9 Å². The number of carbonyl (C=O) groups is 2. The third-order valence-corrected chi connectivity index (χ3v) is 4.30. The smallest absolute Gasteiger partial charge is 0.323 e. The number of amides is 3. The van der Waals surface area contributed by atoms with E-state index < -0.39 is 5.82 Å². The minimum atomic E-state index is -0.435. The molecule has 3 amide bonds. The molecule has 1 aliphatic rings. The van der Waals surface area contributed by atoms with Crippen LogP contribution in [0.15, 0.2) is 36.5 Å². The van der Waals surface area contributed by atoms with Crippen molar-refractivity contribution in [2.75, 3.05) is 31.5 Å². The molecule has 1 N–H and O–H groups in total. The van der Waals surface area contributed by atoms with E-state index in [2.05, 4.69) is 10.4 Å². The average molecular weight is 359 g/mol. The lowest BCUT2D eigenvalue weighted by atomic mass is 10.2. The summed E-state index contributed by atoms with van der Waals surface area (Å²) in [6, 6.07) is 7.38. The van der Waals surface area contributed by atoms with Crippen molar-refractivity contribution in [3.63, 3.8) is 0 Å². The predicted molar refractivity (Wildman–Crippen MR) is 95.5 cm³/mol. The fraction of sp³-hybridized carbons (Fsp3) is 0.389. The van der Waals surface area contributed by atoms with E-state index in [0.717, 1.165) is 0 Å². The van der Waals surface area contributed by atoms with Gasteiger partial charge in [0.25, 0.3) is 5.91 Å². The highest BCUT2D eigenvalue weighted by Crippen LogP contribution is 2.13. The quantitative estimate of drug-likeness (QED) is 0.916. The third kappa shape index (κ3) is 4.01. The first-order valence-corrected chi connectivity index (χ1v) is 8.60. The van der Waals surface area contributed by atoms with Crippen molar-refractivity contribution in [2.45, 2.75) is 19.9 Å². The number of halogens is 1. The Hall–Kier alpha value is -2.90. The lowest BCUT2D eigenvalue weighted by Gasteiger charge is -2.34. The summed E-state index contributed by atoms with van der Waals surface area (Å²) in [6.07, 6.45) is 1.82. The molecular weight excluding hydrogens is 337 g/mol. The zero-order chi connectivity index (χ0) is 18.7. The molecule has 26 heavy (non-hydrogen) atoms. The highest BCUT2D eigenvalue weighted by Gasteiger charge is 2.25. The molecule has 1 aliphatic heterocycles. The number of hydrogen-bond acceptors (Lipinski definition) is 3. The van der Waals surface area contributed by atoms with E-state index in [0.29, 0.717) is 37.6 Å². The summed E-state index contributed by atoms with van der Waals surface area (Å²) in [7, 11) is 0. The molecule has 0 atom stereocenters. The van der Waals surface area contributed by atoms with Gasteiger partial charge in [0.1, 0.15) is 5.82 Å². The number of benzene rings is 1.